The summed E-state index contributed by atoms with van der Waals surface area (Å²) in [6.07, 6.45) is 1.90. The molecule has 6 nitrogen and oxygen atoms in total. The average Bonchev–Trinajstić information content (AvgIpc) is 2.81. The van der Waals surface area contributed by atoms with Crippen LogP contribution in [0.25, 0.3) is 0 Å². The first-order valence-electron chi connectivity index (χ1n) is 11.5. The molecule has 35 heavy (non-hydrogen) atoms. The van der Waals surface area contributed by atoms with Gasteiger partial charge in [0.25, 0.3) is 0 Å². The lowest BCUT2D eigenvalue weighted by molar-refractivity contribution is -0.162. The summed E-state index contributed by atoms with van der Waals surface area (Å²) in [4.78, 5) is 12.5. The number of methoxy groups -OCH3 is 1. The maximum atomic E-state index is 15.3. The SMILES string of the molecule is C=CC1(O)CC(C(=O)OC)(c2cc(F)c(CN3[C@@H](C)CC[C@H](c4ccccc4)S3(=O)=O)cc2F)C1. The van der Waals surface area contributed by atoms with Gasteiger partial charge in [0.1, 0.15) is 22.3 Å². The van der Waals surface area contributed by atoms with Gasteiger partial charge in [-0.25, -0.2) is 17.2 Å². The molecule has 1 heterocycles. The lowest BCUT2D eigenvalue weighted by Gasteiger charge is -2.50. The molecule has 9 heteroatoms. The molecule has 0 radical (unpaired) electrons. The Morgan fingerprint density at radius 3 is 2.46 bits per heavy atom. The van der Waals surface area contributed by atoms with Crippen LogP contribution in [-0.2, 0) is 31.5 Å². The van der Waals surface area contributed by atoms with Gasteiger partial charge in [-0.2, -0.15) is 4.31 Å². The highest BCUT2D eigenvalue weighted by Gasteiger charge is 2.60. The van der Waals surface area contributed by atoms with E-state index < -0.39 is 49.9 Å². The molecule has 0 bridgehead atoms. The van der Waals surface area contributed by atoms with Crippen molar-refractivity contribution in [3.05, 3.63) is 83.4 Å². The van der Waals surface area contributed by atoms with Crippen LogP contribution in [0, 0.1) is 11.6 Å². The van der Waals surface area contributed by atoms with E-state index in [1.807, 2.05) is 0 Å². The minimum Gasteiger partial charge on any atom is -0.468 e. The number of rotatable bonds is 6. The molecule has 2 aromatic rings. The van der Waals surface area contributed by atoms with E-state index in [0.29, 0.717) is 18.4 Å². The van der Waals surface area contributed by atoms with Crippen molar-refractivity contribution in [2.45, 2.75) is 61.5 Å². The molecular weight excluding hydrogens is 476 g/mol. The quantitative estimate of drug-likeness (QED) is 0.471. The number of hydrogen-bond donors (Lipinski definition) is 1. The minimum atomic E-state index is -3.84. The molecule has 2 atom stereocenters. The zero-order valence-electron chi connectivity index (χ0n) is 19.7. The first-order chi connectivity index (χ1) is 16.5. The van der Waals surface area contributed by atoms with Gasteiger partial charge in [-0.3, -0.25) is 4.79 Å². The van der Waals surface area contributed by atoms with Crippen molar-refractivity contribution in [2.24, 2.45) is 0 Å². The Balaban J connectivity index is 1.67. The van der Waals surface area contributed by atoms with Gasteiger partial charge in [0.05, 0.1) is 12.7 Å². The maximum Gasteiger partial charge on any atom is 0.316 e. The molecular formula is C26H29F2NO5S. The zero-order chi connectivity index (χ0) is 25.6. The largest absolute Gasteiger partial charge is 0.468 e. The van der Waals surface area contributed by atoms with Gasteiger partial charge in [0.15, 0.2) is 0 Å². The van der Waals surface area contributed by atoms with Gasteiger partial charge >= 0.3 is 5.97 Å². The highest BCUT2D eigenvalue weighted by atomic mass is 32.2. The molecule has 2 fully saturated rings. The van der Waals surface area contributed by atoms with E-state index in [2.05, 4.69) is 6.58 Å². The first kappa shape index (κ1) is 25.5. The van der Waals surface area contributed by atoms with Crippen LogP contribution in [0.2, 0.25) is 0 Å². The number of aliphatic hydroxyl groups is 1. The Bertz CT molecular complexity index is 1240. The van der Waals surface area contributed by atoms with E-state index in [0.717, 1.165) is 19.2 Å². The van der Waals surface area contributed by atoms with E-state index in [1.165, 1.54) is 10.4 Å². The number of ether oxygens (including phenoxy) is 1. The first-order valence-corrected chi connectivity index (χ1v) is 13.0. The van der Waals surface area contributed by atoms with Crippen LogP contribution in [0.4, 0.5) is 8.78 Å². The van der Waals surface area contributed by atoms with Crippen molar-refractivity contribution in [3.8, 4) is 0 Å². The molecule has 0 aromatic heterocycles. The third-order valence-corrected chi connectivity index (χ3v) is 9.72. The second-order valence-corrected chi connectivity index (χ2v) is 11.6. The molecule has 0 unspecified atom stereocenters. The highest BCUT2D eigenvalue weighted by Crippen LogP contribution is 2.52. The van der Waals surface area contributed by atoms with Crippen molar-refractivity contribution in [2.75, 3.05) is 7.11 Å². The lowest BCUT2D eigenvalue weighted by atomic mass is 9.56. The standard InChI is InChI=1S/C26H29F2NO5S/c1-4-25(31)15-26(16-25,24(30)34-3)20-13-21(27)19(12-22(20)28)14-29-17(2)10-11-23(35(29,32)33)18-8-6-5-7-9-18/h4-9,12-13,17,23,31H,1,10-11,14-16H2,2-3H3/t17-,23+,25?,26?/m0/s1. The molecule has 1 N–H and O–H groups in total. The molecule has 1 saturated carbocycles. The van der Waals surface area contributed by atoms with Crippen LogP contribution in [0.1, 0.15) is 54.5 Å². The van der Waals surface area contributed by atoms with E-state index in [9.17, 15) is 18.3 Å². The number of nitrogens with zero attached hydrogens (tertiary/aromatic N) is 1. The summed E-state index contributed by atoms with van der Waals surface area (Å²) in [5.41, 5.74) is -2.64. The van der Waals surface area contributed by atoms with Gasteiger partial charge in [-0.05, 0) is 37.5 Å². The molecule has 4 rings (SSSR count). The summed E-state index contributed by atoms with van der Waals surface area (Å²) in [7, 11) is -2.69. The fourth-order valence-electron chi connectivity index (χ4n) is 5.37. The molecule has 2 aliphatic rings. The number of carbonyl (C=O) groups excluding carboxylic acids is 1. The van der Waals surface area contributed by atoms with Crippen LogP contribution < -0.4 is 0 Å². The topological polar surface area (TPSA) is 83.9 Å². The molecule has 188 valence electrons. The van der Waals surface area contributed by atoms with Crippen molar-refractivity contribution < 1.29 is 31.8 Å². The number of hydrogen-bond acceptors (Lipinski definition) is 5. The van der Waals surface area contributed by atoms with E-state index >= 15 is 8.78 Å². The van der Waals surface area contributed by atoms with Crippen molar-refractivity contribution >= 4 is 16.0 Å². The normalized spacial score (nSPS) is 30.3. The van der Waals surface area contributed by atoms with Gasteiger partial charge in [-0.1, -0.05) is 36.4 Å². The van der Waals surface area contributed by atoms with Crippen LogP contribution in [0.3, 0.4) is 0 Å². The molecule has 0 spiro atoms. The second-order valence-electron chi connectivity index (χ2n) is 9.57. The smallest absolute Gasteiger partial charge is 0.316 e. The Hall–Kier alpha value is -2.62. The summed E-state index contributed by atoms with van der Waals surface area (Å²) >= 11 is 0. The Labute approximate surface area is 204 Å². The minimum absolute atomic E-state index is 0.131. The van der Waals surface area contributed by atoms with Gasteiger partial charge in [0.2, 0.25) is 10.0 Å². The summed E-state index contributed by atoms with van der Waals surface area (Å²) < 4.78 is 63.6. The highest BCUT2D eigenvalue weighted by molar-refractivity contribution is 7.89. The van der Waals surface area contributed by atoms with Gasteiger partial charge < -0.3 is 9.84 Å². The lowest BCUT2D eigenvalue weighted by Crippen LogP contribution is -2.58. The molecule has 0 amide bonds. The number of esters is 1. The molecule has 1 aliphatic heterocycles. The van der Waals surface area contributed by atoms with Crippen molar-refractivity contribution in [1.29, 1.82) is 0 Å². The molecule has 1 saturated heterocycles. The zero-order valence-corrected chi connectivity index (χ0v) is 20.5. The van der Waals surface area contributed by atoms with E-state index in [4.69, 9.17) is 4.74 Å². The number of sulfonamides is 1. The third-order valence-electron chi connectivity index (χ3n) is 7.35. The third kappa shape index (κ3) is 4.30. The van der Waals surface area contributed by atoms with Crippen molar-refractivity contribution in [3.63, 3.8) is 0 Å². The van der Waals surface area contributed by atoms with Gasteiger partial charge in [0, 0.05) is 36.6 Å². The number of carbonyl (C=O) groups is 1. The van der Waals surface area contributed by atoms with E-state index in [1.54, 1.807) is 37.3 Å². The van der Waals surface area contributed by atoms with Crippen LogP contribution in [-0.4, -0.2) is 42.6 Å². The summed E-state index contributed by atoms with van der Waals surface area (Å²) in [5, 5.41) is 9.62. The molecule has 1 aliphatic carbocycles. The Kier molecular flexibility index (Phi) is 6.63. The number of halogens is 2. The summed E-state index contributed by atoms with van der Waals surface area (Å²) in [6, 6.07) is 10.3. The average molecular weight is 506 g/mol. The fourth-order valence-corrected chi connectivity index (χ4v) is 7.56. The predicted octanol–water partition coefficient (Wildman–Crippen LogP) is 4.14. The van der Waals surface area contributed by atoms with Crippen LogP contribution in [0.15, 0.2) is 55.1 Å². The van der Waals surface area contributed by atoms with Crippen molar-refractivity contribution in [1.82, 2.24) is 4.31 Å². The number of benzene rings is 2. The Morgan fingerprint density at radius 2 is 1.86 bits per heavy atom. The predicted molar refractivity (Wildman–Crippen MR) is 127 cm³/mol. The maximum absolute atomic E-state index is 15.3. The molecule has 2 aromatic carbocycles. The second kappa shape index (κ2) is 9.11. The monoisotopic (exact) mass is 505 g/mol. The Morgan fingerprint density at radius 1 is 1.20 bits per heavy atom. The summed E-state index contributed by atoms with van der Waals surface area (Å²) in [5.74, 6) is -2.48. The van der Waals surface area contributed by atoms with Crippen LogP contribution in [0.5, 0.6) is 0 Å². The van der Waals surface area contributed by atoms with E-state index in [-0.39, 0.29) is 30.5 Å². The summed E-state index contributed by atoms with van der Waals surface area (Å²) in [6.45, 7) is 4.95. The van der Waals surface area contributed by atoms with Gasteiger partial charge in [-0.15, -0.1) is 6.58 Å². The van der Waals surface area contributed by atoms with Crippen LogP contribution >= 0.6 is 0 Å². The fraction of sp³-hybridized carbons (Fsp3) is 0.423.